The van der Waals surface area contributed by atoms with Crippen LogP contribution < -0.4 is 0 Å². The molecular formula is C9H16ClNO2. The molecule has 0 spiro atoms. The van der Waals surface area contributed by atoms with Gasteiger partial charge >= 0.3 is 0 Å². The Bertz CT molecular complexity index is 186. The molecule has 1 saturated heterocycles. The number of likely N-dealkylation sites (tertiary alicyclic amines) is 1. The lowest BCUT2D eigenvalue weighted by molar-refractivity contribution is -0.129. The van der Waals surface area contributed by atoms with Crippen molar-refractivity contribution < 1.29 is 9.90 Å². The maximum atomic E-state index is 11.4. The third-order valence-electron chi connectivity index (χ3n) is 2.66. The second kappa shape index (κ2) is 4.82. The Labute approximate surface area is 83.7 Å². The quantitative estimate of drug-likeness (QED) is 0.690. The van der Waals surface area contributed by atoms with E-state index in [2.05, 4.69) is 6.92 Å². The molecular weight excluding hydrogens is 190 g/mol. The molecule has 0 saturated carbocycles. The van der Waals surface area contributed by atoms with Gasteiger partial charge < -0.3 is 10.0 Å². The van der Waals surface area contributed by atoms with Gasteiger partial charge in [-0.3, -0.25) is 4.79 Å². The van der Waals surface area contributed by atoms with E-state index in [0.717, 1.165) is 6.54 Å². The van der Waals surface area contributed by atoms with Gasteiger partial charge in [-0.2, -0.15) is 0 Å². The van der Waals surface area contributed by atoms with Gasteiger partial charge in [-0.05, 0) is 5.92 Å². The van der Waals surface area contributed by atoms with E-state index in [4.69, 9.17) is 16.7 Å². The number of alkyl halides is 1. The van der Waals surface area contributed by atoms with Gasteiger partial charge in [-0.25, -0.2) is 0 Å². The van der Waals surface area contributed by atoms with Crippen LogP contribution in [0, 0.1) is 11.8 Å². The fourth-order valence-corrected chi connectivity index (χ4v) is 1.88. The lowest BCUT2D eigenvalue weighted by Gasteiger charge is -2.14. The summed E-state index contributed by atoms with van der Waals surface area (Å²) in [6, 6.07) is 0. The van der Waals surface area contributed by atoms with Crippen molar-refractivity contribution in [1.82, 2.24) is 4.90 Å². The molecule has 0 aliphatic carbocycles. The number of amides is 1. The summed E-state index contributed by atoms with van der Waals surface area (Å²) in [5.41, 5.74) is 0. The molecule has 4 heteroatoms. The number of carbonyl (C=O) groups is 1. The van der Waals surface area contributed by atoms with Crippen molar-refractivity contribution in [1.29, 1.82) is 0 Å². The molecule has 1 rings (SSSR count). The smallest absolute Gasteiger partial charge is 0.223 e. The summed E-state index contributed by atoms with van der Waals surface area (Å²) in [5.74, 6) is 1.15. The van der Waals surface area contributed by atoms with E-state index >= 15 is 0 Å². The van der Waals surface area contributed by atoms with Crippen LogP contribution >= 0.6 is 11.6 Å². The van der Waals surface area contributed by atoms with Crippen LogP contribution in [-0.2, 0) is 4.79 Å². The van der Waals surface area contributed by atoms with Gasteiger partial charge in [0, 0.05) is 37.9 Å². The van der Waals surface area contributed by atoms with Crippen LogP contribution in [0.2, 0.25) is 0 Å². The Balaban J connectivity index is 2.43. The highest BCUT2D eigenvalue weighted by atomic mass is 35.5. The Morgan fingerprint density at radius 2 is 2.31 bits per heavy atom. The maximum Gasteiger partial charge on any atom is 0.223 e. The van der Waals surface area contributed by atoms with Crippen molar-refractivity contribution in [3.63, 3.8) is 0 Å². The fraction of sp³-hybridized carbons (Fsp3) is 0.889. The van der Waals surface area contributed by atoms with E-state index < -0.39 is 0 Å². The summed E-state index contributed by atoms with van der Waals surface area (Å²) in [7, 11) is 0. The summed E-state index contributed by atoms with van der Waals surface area (Å²) >= 11 is 5.48. The number of aliphatic hydroxyl groups excluding tert-OH is 1. The van der Waals surface area contributed by atoms with Crippen LogP contribution in [0.1, 0.15) is 13.3 Å². The van der Waals surface area contributed by atoms with Crippen molar-refractivity contribution in [2.75, 3.05) is 25.6 Å². The highest BCUT2D eigenvalue weighted by Gasteiger charge is 2.31. The van der Waals surface area contributed by atoms with Gasteiger partial charge in [0.2, 0.25) is 5.91 Å². The first kappa shape index (κ1) is 10.8. The first-order chi connectivity index (χ1) is 6.19. The molecule has 1 fully saturated rings. The van der Waals surface area contributed by atoms with Crippen molar-refractivity contribution in [2.24, 2.45) is 11.8 Å². The third-order valence-corrected chi connectivity index (χ3v) is 2.85. The van der Waals surface area contributed by atoms with Gasteiger partial charge in [0.15, 0.2) is 0 Å². The van der Waals surface area contributed by atoms with Crippen molar-refractivity contribution in [3.05, 3.63) is 0 Å². The number of nitrogens with zero attached hydrogens (tertiary/aromatic N) is 1. The van der Waals surface area contributed by atoms with Crippen LogP contribution in [-0.4, -0.2) is 41.5 Å². The van der Waals surface area contributed by atoms with Gasteiger partial charge in [0.05, 0.1) is 0 Å². The van der Waals surface area contributed by atoms with E-state index in [1.165, 1.54) is 0 Å². The zero-order valence-electron chi connectivity index (χ0n) is 7.87. The summed E-state index contributed by atoms with van der Waals surface area (Å²) < 4.78 is 0. The van der Waals surface area contributed by atoms with Gasteiger partial charge in [0.1, 0.15) is 0 Å². The Morgan fingerprint density at radius 1 is 1.62 bits per heavy atom. The van der Waals surface area contributed by atoms with E-state index in [9.17, 15) is 4.79 Å². The second-order valence-corrected chi connectivity index (χ2v) is 4.04. The normalized spacial score (nSPS) is 28.1. The number of carbonyl (C=O) groups excluding carboxylic acids is 1. The topological polar surface area (TPSA) is 40.5 Å². The SMILES string of the molecule is C[C@@H]1CN(C(=O)CCCl)C[C@@H]1CO. The van der Waals surface area contributed by atoms with Crippen molar-refractivity contribution in [2.45, 2.75) is 13.3 Å². The summed E-state index contributed by atoms with van der Waals surface area (Å²) in [5, 5.41) is 9.00. The minimum atomic E-state index is 0.109. The highest BCUT2D eigenvalue weighted by Crippen LogP contribution is 2.22. The third kappa shape index (κ3) is 2.58. The lowest BCUT2D eigenvalue weighted by Crippen LogP contribution is -2.29. The summed E-state index contributed by atoms with van der Waals surface area (Å²) in [4.78, 5) is 13.2. The van der Waals surface area contributed by atoms with Gasteiger partial charge in [-0.1, -0.05) is 6.92 Å². The van der Waals surface area contributed by atoms with Crippen molar-refractivity contribution >= 4 is 17.5 Å². The zero-order chi connectivity index (χ0) is 9.84. The average Bonchev–Trinajstić information content (AvgIpc) is 2.47. The number of hydrogen-bond donors (Lipinski definition) is 1. The molecule has 0 aromatic carbocycles. The van der Waals surface area contributed by atoms with E-state index in [1.54, 1.807) is 4.90 Å². The van der Waals surface area contributed by atoms with Crippen LogP contribution in [0.5, 0.6) is 0 Å². The Kier molecular flexibility index (Phi) is 4.00. The first-order valence-electron chi connectivity index (χ1n) is 4.63. The van der Waals surface area contributed by atoms with Gasteiger partial charge in [0.25, 0.3) is 0 Å². The minimum absolute atomic E-state index is 0.109. The van der Waals surface area contributed by atoms with Gasteiger partial charge in [-0.15, -0.1) is 11.6 Å². The predicted molar refractivity (Wildman–Crippen MR) is 51.7 cm³/mol. The molecule has 0 radical (unpaired) electrons. The zero-order valence-corrected chi connectivity index (χ0v) is 8.63. The second-order valence-electron chi connectivity index (χ2n) is 3.66. The largest absolute Gasteiger partial charge is 0.396 e. The number of halogens is 1. The number of aliphatic hydroxyl groups is 1. The minimum Gasteiger partial charge on any atom is -0.396 e. The molecule has 13 heavy (non-hydrogen) atoms. The molecule has 1 amide bonds. The molecule has 1 N–H and O–H groups in total. The summed E-state index contributed by atoms with van der Waals surface area (Å²) in [6.07, 6.45) is 0.409. The van der Waals surface area contributed by atoms with Crippen LogP contribution in [0.15, 0.2) is 0 Å². The highest BCUT2D eigenvalue weighted by molar-refractivity contribution is 6.18. The molecule has 1 aliphatic rings. The maximum absolute atomic E-state index is 11.4. The molecule has 0 unspecified atom stereocenters. The fourth-order valence-electron chi connectivity index (χ4n) is 1.71. The monoisotopic (exact) mass is 205 g/mol. The average molecular weight is 206 g/mol. The Hall–Kier alpha value is -0.280. The first-order valence-corrected chi connectivity index (χ1v) is 5.17. The standard InChI is InChI=1S/C9H16ClNO2/c1-7-4-11(5-8(7)6-12)9(13)2-3-10/h7-8,12H,2-6H2,1H3/t7-,8-/m1/s1. The molecule has 76 valence electrons. The molecule has 0 aromatic rings. The number of hydrogen-bond acceptors (Lipinski definition) is 2. The lowest BCUT2D eigenvalue weighted by atomic mass is 10.00. The molecule has 0 aromatic heterocycles. The molecule has 1 heterocycles. The van der Waals surface area contributed by atoms with E-state index in [1.807, 2.05) is 0 Å². The number of rotatable bonds is 3. The molecule has 2 atom stereocenters. The van der Waals surface area contributed by atoms with E-state index in [-0.39, 0.29) is 18.4 Å². The van der Waals surface area contributed by atoms with E-state index in [0.29, 0.717) is 24.8 Å². The Morgan fingerprint density at radius 3 is 2.77 bits per heavy atom. The molecule has 0 bridgehead atoms. The van der Waals surface area contributed by atoms with Crippen LogP contribution in [0.3, 0.4) is 0 Å². The van der Waals surface area contributed by atoms with Crippen LogP contribution in [0.4, 0.5) is 0 Å². The van der Waals surface area contributed by atoms with Crippen molar-refractivity contribution in [3.8, 4) is 0 Å². The predicted octanol–water partition coefficient (Wildman–Crippen LogP) is 0.702. The van der Waals surface area contributed by atoms with Crippen LogP contribution in [0.25, 0.3) is 0 Å². The molecule has 3 nitrogen and oxygen atoms in total. The molecule has 1 aliphatic heterocycles. The summed E-state index contributed by atoms with van der Waals surface area (Å²) in [6.45, 7) is 3.69.